The van der Waals surface area contributed by atoms with Gasteiger partial charge >= 0.3 is 0 Å². The minimum Gasteiger partial charge on any atom is -0.357 e. The average Bonchev–Trinajstić information content (AvgIpc) is 3.04. The van der Waals surface area contributed by atoms with E-state index in [2.05, 4.69) is 55.1 Å². The summed E-state index contributed by atoms with van der Waals surface area (Å²) in [6.07, 6.45) is 2.82. The first-order valence-electron chi connectivity index (χ1n) is 9.51. The zero-order valence-electron chi connectivity index (χ0n) is 16.3. The Morgan fingerprint density at radius 1 is 1.12 bits per heavy atom. The highest BCUT2D eigenvalue weighted by Gasteiger charge is 2.17. The Labute approximate surface area is 148 Å². The van der Waals surface area contributed by atoms with Gasteiger partial charge in [0.15, 0.2) is 5.96 Å². The molecule has 24 heavy (non-hydrogen) atoms. The summed E-state index contributed by atoms with van der Waals surface area (Å²) < 4.78 is 0. The van der Waals surface area contributed by atoms with E-state index in [9.17, 15) is 4.79 Å². The summed E-state index contributed by atoms with van der Waals surface area (Å²) in [6.45, 7) is 15.9. The Morgan fingerprint density at radius 3 is 2.29 bits per heavy atom. The van der Waals surface area contributed by atoms with E-state index in [0.29, 0.717) is 25.0 Å². The molecule has 1 saturated heterocycles. The molecule has 1 heterocycles. The summed E-state index contributed by atoms with van der Waals surface area (Å²) in [7, 11) is 0. The van der Waals surface area contributed by atoms with Gasteiger partial charge in [-0.2, -0.15) is 0 Å². The number of rotatable bonds is 9. The molecule has 2 N–H and O–H groups in total. The molecule has 0 saturated carbocycles. The molecule has 6 nitrogen and oxygen atoms in total. The lowest BCUT2D eigenvalue weighted by molar-refractivity contribution is -0.129. The van der Waals surface area contributed by atoms with E-state index in [-0.39, 0.29) is 5.91 Å². The van der Waals surface area contributed by atoms with Gasteiger partial charge in [-0.1, -0.05) is 0 Å². The van der Waals surface area contributed by atoms with Crippen LogP contribution in [0, 0.1) is 0 Å². The van der Waals surface area contributed by atoms with Crippen LogP contribution in [0.25, 0.3) is 0 Å². The zero-order chi connectivity index (χ0) is 17.9. The lowest BCUT2D eigenvalue weighted by Crippen LogP contribution is -2.41. The Balaban J connectivity index is 2.37. The van der Waals surface area contributed by atoms with Gasteiger partial charge in [0, 0.05) is 51.2 Å². The molecule has 0 radical (unpaired) electrons. The van der Waals surface area contributed by atoms with Crippen LogP contribution in [0.3, 0.4) is 0 Å². The van der Waals surface area contributed by atoms with Crippen molar-refractivity contribution in [3.63, 3.8) is 0 Å². The number of nitrogens with one attached hydrogen (secondary N) is 2. The summed E-state index contributed by atoms with van der Waals surface area (Å²) in [5.41, 5.74) is 0. The smallest absolute Gasteiger partial charge is 0.224 e. The minimum absolute atomic E-state index is 0.252. The van der Waals surface area contributed by atoms with Crippen LogP contribution >= 0.6 is 0 Å². The molecule has 6 heteroatoms. The Hall–Kier alpha value is -1.30. The third-order valence-corrected chi connectivity index (χ3v) is 4.39. The molecular weight excluding hydrogens is 302 g/mol. The molecule has 0 atom stereocenters. The van der Waals surface area contributed by atoms with Crippen LogP contribution in [0.4, 0.5) is 0 Å². The van der Waals surface area contributed by atoms with Gasteiger partial charge < -0.3 is 15.5 Å². The van der Waals surface area contributed by atoms with Gasteiger partial charge in [0.25, 0.3) is 0 Å². The van der Waals surface area contributed by atoms with Crippen molar-refractivity contribution in [3.8, 4) is 0 Å². The van der Waals surface area contributed by atoms with Crippen LogP contribution in [0.1, 0.15) is 53.9 Å². The summed E-state index contributed by atoms with van der Waals surface area (Å²) in [5, 5.41) is 6.53. The van der Waals surface area contributed by atoms with Crippen molar-refractivity contribution in [3.05, 3.63) is 0 Å². The predicted molar refractivity (Wildman–Crippen MR) is 101 cm³/mol. The van der Waals surface area contributed by atoms with E-state index in [4.69, 9.17) is 0 Å². The van der Waals surface area contributed by atoms with Crippen LogP contribution in [0.5, 0.6) is 0 Å². The van der Waals surface area contributed by atoms with E-state index in [0.717, 1.165) is 51.5 Å². The van der Waals surface area contributed by atoms with Crippen LogP contribution in [-0.4, -0.2) is 73.0 Å². The van der Waals surface area contributed by atoms with E-state index >= 15 is 0 Å². The van der Waals surface area contributed by atoms with Crippen molar-refractivity contribution >= 4 is 11.9 Å². The molecular formula is C18H37N5O. The van der Waals surface area contributed by atoms with Crippen LogP contribution in [-0.2, 0) is 4.79 Å². The van der Waals surface area contributed by atoms with Crippen molar-refractivity contribution in [2.75, 3.05) is 39.3 Å². The first-order valence-corrected chi connectivity index (χ1v) is 9.51. The van der Waals surface area contributed by atoms with Crippen molar-refractivity contribution in [2.45, 2.75) is 66.0 Å². The standard InChI is InChI=1S/C18H37N5O/c1-6-19-18(21-11-14-23(15(2)3)16(4)5)20-10-9-17(24)22-12-7-8-13-22/h15-16H,6-14H2,1-5H3,(H2,19,20,21). The third-order valence-electron chi connectivity index (χ3n) is 4.39. The predicted octanol–water partition coefficient (Wildman–Crippen LogP) is 1.67. The molecule has 1 aliphatic heterocycles. The monoisotopic (exact) mass is 339 g/mol. The second-order valence-corrected chi connectivity index (χ2v) is 6.95. The van der Waals surface area contributed by atoms with Crippen molar-refractivity contribution in [1.29, 1.82) is 0 Å². The maximum Gasteiger partial charge on any atom is 0.224 e. The largest absolute Gasteiger partial charge is 0.357 e. The summed E-state index contributed by atoms with van der Waals surface area (Å²) in [6, 6.07) is 1.04. The maximum atomic E-state index is 12.1. The van der Waals surface area contributed by atoms with Crippen molar-refractivity contribution < 1.29 is 4.79 Å². The van der Waals surface area contributed by atoms with Crippen molar-refractivity contribution in [2.24, 2.45) is 4.99 Å². The molecule has 0 aromatic heterocycles. The average molecular weight is 340 g/mol. The molecule has 1 fully saturated rings. The normalized spacial score (nSPS) is 15.7. The summed E-state index contributed by atoms with van der Waals surface area (Å²) >= 11 is 0. The number of guanidine groups is 1. The minimum atomic E-state index is 0.252. The first-order chi connectivity index (χ1) is 11.5. The van der Waals surface area contributed by atoms with Gasteiger partial charge in [-0.25, -0.2) is 0 Å². The van der Waals surface area contributed by atoms with Gasteiger partial charge in [0.2, 0.25) is 5.91 Å². The molecule has 0 bridgehead atoms. The lowest BCUT2D eigenvalue weighted by atomic mass is 10.2. The molecule has 0 spiro atoms. The number of aliphatic imine (C=N–C) groups is 1. The van der Waals surface area contributed by atoms with Crippen molar-refractivity contribution in [1.82, 2.24) is 20.4 Å². The van der Waals surface area contributed by atoms with Gasteiger partial charge in [-0.05, 0) is 47.5 Å². The van der Waals surface area contributed by atoms with Crippen LogP contribution in [0.2, 0.25) is 0 Å². The van der Waals surface area contributed by atoms with Gasteiger partial charge in [0.05, 0.1) is 6.54 Å². The third kappa shape index (κ3) is 7.51. The number of carbonyl (C=O) groups excluding carboxylic acids is 1. The van der Waals surface area contributed by atoms with E-state index in [1.54, 1.807) is 0 Å². The highest BCUT2D eigenvalue weighted by atomic mass is 16.2. The second kappa shape index (κ2) is 11.3. The Kier molecular flexibility index (Phi) is 9.76. The highest BCUT2D eigenvalue weighted by Crippen LogP contribution is 2.08. The molecule has 0 aromatic rings. The fraction of sp³-hybridized carbons (Fsp3) is 0.889. The summed E-state index contributed by atoms with van der Waals surface area (Å²) in [5.74, 6) is 1.06. The highest BCUT2D eigenvalue weighted by molar-refractivity contribution is 5.81. The molecule has 140 valence electrons. The second-order valence-electron chi connectivity index (χ2n) is 6.95. The number of hydrogen-bond donors (Lipinski definition) is 2. The fourth-order valence-corrected chi connectivity index (χ4v) is 3.14. The molecule has 0 aromatic carbocycles. The van der Waals surface area contributed by atoms with E-state index < -0.39 is 0 Å². The molecule has 0 unspecified atom stereocenters. The van der Waals surface area contributed by atoms with Gasteiger partial charge in [-0.3, -0.25) is 14.7 Å². The Morgan fingerprint density at radius 2 is 1.75 bits per heavy atom. The maximum absolute atomic E-state index is 12.1. The fourth-order valence-electron chi connectivity index (χ4n) is 3.14. The van der Waals surface area contributed by atoms with Crippen LogP contribution < -0.4 is 10.6 Å². The zero-order valence-corrected chi connectivity index (χ0v) is 16.3. The Bertz CT molecular complexity index is 381. The number of hydrogen-bond acceptors (Lipinski definition) is 3. The molecule has 0 aliphatic carbocycles. The molecule has 1 rings (SSSR count). The van der Waals surface area contributed by atoms with E-state index in [1.165, 1.54) is 0 Å². The van der Waals surface area contributed by atoms with Gasteiger partial charge in [0.1, 0.15) is 0 Å². The van der Waals surface area contributed by atoms with E-state index in [1.807, 2.05) is 4.90 Å². The van der Waals surface area contributed by atoms with Gasteiger partial charge in [-0.15, -0.1) is 0 Å². The molecule has 1 amide bonds. The number of nitrogens with zero attached hydrogens (tertiary/aromatic N) is 3. The topological polar surface area (TPSA) is 60.0 Å². The number of amides is 1. The number of likely N-dealkylation sites (tertiary alicyclic amines) is 1. The first kappa shape index (κ1) is 20.7. The number of carbonyl (C=O) groups is 1. The molecule has 1 aliphatic rings. The lowest BCUT2D eigenvalue weighted by Gasteiger charge is -2.29. The SMILES string of the molecule is CCNC(=NCCN(C(C)C)C(C)C)NCCC(=O)N1CCCC1. The summed E-state index contributed by atoms with van der Waals surface area (Å²) in [4.78, 5) is 21.1. The van der Waals surface area contributed by atoms with Crippen LogP contribution in [0.15, 0.2) is 4.99 Å². The quantitative estimate of drug-likeness (QED) is 0.496.